The highest BCUT2D eigenvalue weighted by Gasteiger charge is 2.15. The van der Waals surface area contributed by atoms with Gasteiger partial charge in [0.05, 0.1) is 5.56 Å². The molecule has 6 nitrogen and oxygen atoms in total. The second-order valence-corrected chi connectivity index (χ2v) is 5.26. The van der Waals surface area contributed by atoms with E-state index in [0.717, 1.165) is 5.56 Å². The van der Waals surface area contributed by atoms with Crippen molar-refractivity contribution in [3.63, 3.8) is 0 Å². The maximum Gasteiger partial charge on any atom is 0.274 e. The molecule has 2 aromatic rings. The maximum atomic E-state index is 12.4. The highest BCUT2D eigenvalue weighted by atomic mass is 16.1. The highest BCUT2D eigenvalue weighted by Crippen LogP contribution is 2.20. The largest absolute Gasteiger partial charge is 0.398 e. The summed E-state index contributed by atoms with van der Waals surface area (Å²) in [7, 11) is 0. The number of amides is 1. The number of hydrogen-bond donors (Lipinski definition) is 3. The third-order valence-electron chi connectivity index (χ3n) is 3.70. The Morgan fingerprint density at radius 2 is 1.92 bits per heavy atom. The van der Waals surface area contributed by atoms with Crippen molar-refractivity contribution in [2.45, 2.75) is 34.6 Å². The number of nitriles is 1. The number of nitrogens with zero attached hydrogens (tertiary/aromatic N) is 2. The molecule has 0 unspecified atom stereocenters. The lowest BCUT2D eigenvalue weighted by atomic mass is 10.0. The van der Waals surface area contributed by atoms with Crippen LogP contribution in [0.25, 0.3) is 0 Å². The van der Waals surface area contributed by atoms with Gasteiger partial charge in [0.2, 0.25) is 0 Å². The van der Waals surface area contributed by atoms with E-state index >= 15 is 0 Å². The number of nitrogen functional groups attached to an aromatic ring is 1. The van der Waals surface area contributed by atoms with Gasteiger partial charge in [-0.15, -0.1) is 0 Å². The van der Waals surface area contributed by atoms with E-state index in [1.807, 2.05) is 19.9 Å². The molecule has 6 heteroatoms. The quantitative estimate of drug-likeness (QED) is 0.583. The summed E-state index contributed by atoms with van der Waals surface area (Å²) in [6.45, 7) is 9.17. The number of benzene rings is 1. The first-order valence-corrected chi connectivity index (χ1v) is 7.97. The molecule has 130 valence electrons. The monoisotopic (exact) mass is 337 g/mol. The Kier molecular flexibility index (Phi) is 6.82. The fourth-order valence-corrected chi connectivity index (χ4v) is 2.19. The zero-order chi connectivity index (χ0) is 19.1. The fraction of sp³-hybridized carbons (Fsp3) is 0.263. The van der Waals surface area contributed by atoms with Crippen LogP contribution in [0.2, 0.25) is 0 Å². The van der Waals surface area contributed by atoms with Crippen LogP contribution < -0.4 is 11.1 Å². The highest BCUT2D eigenvalue weighted by molar-refractivity contribution is 6.06. The lowest BCUT2D eigenvalue weighted by Crippen LogP contribution is -2.17. The standard InChI is InChI=1S/C17H17N5O.C2H6/c1-9-10(2)16(21-8-12(9)7-18)17(23)22-13-4-5-15(20)14(6-13)11(3)19;1-2/h4-6,8,19H,20H2,1-3H3,(H,22,23);1-2H3. The van der Waals surface area contributed by atoms with Gasteiger partial charge in [-0.2, -0.15) is 5.26 Å². The van der Waals surface area contributed by atoms with Gasteiger partial charge in [-0.3, -0.25) is 4.79 Å². The van der Waals surface area contributed by atoms with Crippen molar-refractivity contribution in [1.82, 2.24) is 4.98 Å². The van der Waals surface area contributed by atoms with E-state index in [4.69, 9.17) is 16.4 Å². The molecule has 0 aliphatic rings. The molecule has 4 N–H and O–H groups in total. The van der Waals surface area contributed by atoms with Crippen molar-refractivity contribution in [1.29, 1.82) is 10.7 Å². The first-order chi connectivity index (χ1) is 11.8. The fourth-order valence-electron chi connectivity index (χ4n) is 2.19. The second-order valence-electron chi connectivity index (χ2n) is 5.26. The first-order valence-electron chi connectivity index (χ1n) is 7.97. The Hall–Kier alpha value is -3.20. The Balaban J connectivity index is 0.00000151. The number of carbonyl (C=O) groups is 1. The van der Waals surface area contributed by atoms with E-state index in [-0.39, 0.29) is 11.6 Å². The number of carbonyl (C=O) groups excluding carboxylic acids is 1. The van der Waals surface area contributed by atoms with Gasteiger partial charge in [0.1, 0.15) is 11.8 Å². The maximum absolute atomic E-state index is 12.4. The molecule has 0 spiro atoms. The molecule has 0 aliphatic heterocycles. The van der Waals surface area contributed by atoms with Gasteiger partial charge in [-0.25, -0.2) is 4.98 Å². The normalized spacial score (nSPS) is 9.44. The molecule has 0 fully saturated rings. The van der Waals surface area contributed by atoms with Crippen LogP contribution in [0.4, 0.5) is 11.4 Å². The molecule has 0 bridgehead atoms. The van der Waals surface area contributed by atoms with Crippen LogP contribution in [-0.4, -0.2) is 16.6 Å². The lowest BCUT2D eigenvalue weighted by Gasteiger charge is -2.11. The minimum atomic E-state index is -0.367. The minimum absolute atomic E-state index is 0.270. The predicted molar refractivity (Wildman–Crippen MR) is 101 cm³/mol. The van der Waals surface area contributed by atoms with Gasteiger partial charge in [0.25, 0.3) is 5.91 Å². The number of nitrogens with one attached hydrogen (secondary N) is 2. The summed E-state index contributed by atoms with van der Waals surface area (Å²) in [5, 5.41) is 19.4. The molecule has 0 atom stereocenters. The Labute approximate surface area is 148 Å². The van der Waals surface area contributed by atoms with Crippen LogP contribution in [0.5, 0.6) is 0 Å². The van der Waals surface area contributed by atoms with Crippen molar-refractivity contribution in [3.8, 4) is 6.07 Å². The summed E-state index contributed by atoms with van der Waals surface area (Å²) in [6, 6.07) is 7.02. The SMILES string of the molecule is CC.CC(=N)c1cc(NC(=O)c2ncc(C#N)c(C)c2C)ccc1N. The summed E-state index contributed by atoms with van der Waals surface area (Å²) in [4.78, 5) is 16.5. The van der Waals surface area contributed by atoms with Crippen molar-refractivity contribution in [2.24, 2.45) is 0 Å². The Morgan fingerprint density at radius 1 is 1.28 bits per heavy atom. The van der Waals surface area contributed by atoms with Gasteiger partial charge in [0, 0.05) is 28.8 Å². The van der Waals surface area contributed by atoms with E-state index in [1.165, 1.54) is 6.20 Å². The van der Waals surface area contributed by atoms with Crippen LogP contribution in [0.1, 0.15) is 53.5 Å². The lowest BCUT2D eigenvalue weighted by molar-refractivity contribution is 0.102. The number of nitrogens with two attached hydrogens (primary N) is 1. The molecular weight excluding hydrogens is 314 g/mol. The van der Waals surface area contributed by atoms with Gasteiger partial charge < -0.3 is 16.5 Å². The van der Waals surface area contributed by atoms with Crippen LogP contribution in [-0.2, 0) is 0 Å². The Bertz CT molecular complexity index is 850. The molecule has 1 aromatic heterocycles. The van der Waals surface area contributed by atoms with Crippen LogP contribution in [0.3, 0.4) is 0 Å². The molecule has 1 heterocycles. The molecule has 25 heavy (non-hydrogen) atoms. The molecule has 1 aromatic carbocycles. The van der Waals surface area contributed by atoms with E-state index in [1.54, 1.807) is 39.0 Å². The third-order valence-corrected chi connectivity index (χ3v) is 3.70. The van der Waals surface area contributed by atoms with Crippen molar-refractivity contribution in [3.05, 3.63) is 52.3 Å². The van der Waals surface area contributed by atoms with Gasteiger partial charge in [-0.05, 0) is 50.1 Å². The van der Waals surface area contributed by atoms with Gasteiger partial charge in [-0.1, -0.05) is 13.8 Å². The van der Waals surface area contributed by atoms with Crippen LogP contribution in [0, 0.1) is 30.6 Å². The van der Waals surface area contributed by atoms with Crippen LogP contribution in [0.15, 0.2) is 24.4 Å². The zero-order valence-electron chi connectivity index (χ0n) is 15.2. The van der Waals surface area contributed by atoms with E-state index in [2.05, 4.69) is 10.3 Å². The number of aromatic nitrogens is 1. The summed E-state index contributed by atoms with van der Waals surface area (Å²) in [6.07, 6.45) is 1.40. The molecule has 0 saturated carbocycles. The smallest absolute Gasteiger partial charge is 0.274 e. The Morgan fingerprint density at radius 3 is 2.48 bits per heavy atom. The third kappa shape index (κ3) is 4.42. The predicted octanol–water partition coefficient (Wildman–Crippen LogP) is 3.82. The summed E-state index contributed by atoms with van der Waals surface area (Å²) < 4.78 is 0. The molecule has 2 rings (SSSR count). The van der Waals surface area contributed by atoms with Gasteiger partial charge in [0.15, 0.2) is 0 Å². The minimum Gasteiger partial charge on any atom is -0.398 e. The number of rotatable bonds is 3. The topological polar surface area (TPSA) is 116 Å². The van der Waals surface area contributed by atoms with E-state index in [0.29, 0.717) is 33.8 Å². The number of pyridine rings is 1. The zero-order valence-corrected chi connectivity index (χ0v) is 15.2. The van der Waals surface area contributed by atoms with E-state index < -0.39 is 0 Å². The average Bonchev–Trinajstić information content (AvgIpc) is 2.60. The van der Waals surface area contributed by atoms with Crippen molar-refractivity contribution in [2.75, 3.05) is 11.1 Å². The van der Waals surface area contributed by atoms with Crippen molar-refractivity contribution >= 4 is 23.0 Å². The number of hydrogen-bond acceptors (Lipinski definition) is 5. The number of anilines is 2. The summed E-state index contributed by atoms with van der Waals surface area (Å²) >= 11 is 0. The summed E-state index contributed by atoms with van der Waals surface area (Å²) in [5.74, 6) is -0.367. The van der Waals surface area contributed by atoms with E-state index in [9.17, 15) is 4.79 Å². The molecule has 0 saturated heterocycles. The van der Waals surface area contributed by atoms with Crippen LogP contribution >= 0.6 is 0 Å². The molecule has 1 amide bonds. The van der Waals surface area contributed by atoms with Crippen molar-refractivity contribution < 1.29 is 4.79 Å². The molecule has 0 aliphatic carbocycles. The average molecular weight is 337 g/mol. The molecule has 0 radical (unpaired) electrons. The second kappa shape index (κ2) is 8.60. The summed E-state index contributed by atoms with van der Waals surface area (Å²) in [5.41, 5.74) is 9.85. The first kappa shape index (κ1) is 19.8. The molecular formula is C19H23N5O. The van der Waals surface area contributed by atoms with Gasteiger partial charge >= 0.3 is 0 Å².